The number of carbonyl (C=O) groups is 3. The van der Waals surface area contributed by atoms with Crippen molar-refractivity contribution in [1.82, 2.24) is 15.6 Å². The Morgan fingerprint density at radius 3 is 2.15 bits per heavy atom. The van der Waals surface area contributed by atoms with Crippen molar-refractivity contribution in [3.63, 3.8) is 0 Å². The van der Waals surface area contributed by atoms with E-state index >= 15 is 0 Å². The number of para-hydroxylation sites is 1. The molecule has 1 aromatic heterocycles. The van der Waals surface area contributed by atoms with Gasteiger partial charge in [-0.3, -0.25) is 19.8 Å². The zero-order valence-corrected chi connectivity index (χ0v) is 21.9. The quantitative estimate of drug-likeness (QED) is 0.101. The molecule has 1 heterocycles. The number of hydrogen-bond acceptors (Lipinski definition) is 7. The van der Waals surface area contributed by atoms with Crippen LogP contribution in [0, 0.1) is 5.41 Å². The van der Waals surface area contributed by atoms with Crippen LogP contribution in [0.25, 0.3) is 10.2 Å². The molecule has 3 aromatic carbocycles. The predicted molar refractivity (Wildman–Crippen MR) is 151 cm³/mol. The summed E-state index contributed by atoms with van der Waals surface area (Å²) in [5, 5.41) is 25.4. The van der Waals surface area contributed by atoms with Crippen LogP contribution < -0.4 is 21.7 Å². The van der Waals surface area contributed by atoms with E-state index in [0.29, 0.717) is 11.2 Å². The number of thiazole rings is 1. The molecule has 11 heteroatoms. The highest BCUT2D eigenvalue weighted by Gasteiger charge is 2.29. The van der Waals surface area contributed by atoms with E-state index in [4.69, 9.17) is 11.1 Å². The highest BCUT2D eigenvalue weighted by Crippen LogP contribution is 2.24. The number of nitrogens with two attached hydrogens (primary N) is 1. The number of carbonyl (C=O) groups excluding carboxylic acids is 3. The Labute approximate surface area is 228 Å². The number of ketones is 1. The number of amides is 2. The molecule has 10 nitrogen and oxygen atoms in total. The topological polar surface area (TPSA) is 170 Å². The predicted octanol–water partition coefficient (Wildman–Crippen LogP) is 2.96. The van der Waals surface area contributed by atoms with E-state index in [9.17, 15) is 19.5 Å². The van der Waals surface area contributed by atoms with Gasteiger partial charge in [0.25, 0.3) is 0 Å². The summed E-state index contributed by atoms with van der Waals surface area (Å²) in [6.45, 7) is 1.32. The van der Waals surface area contributed by atoms with Gasteiger partial charge in [0.2, 0.25) is 17.6 Å². The van der Waals surface area contributed by atoms with Crippen molar-refractivity contribution < 1.29 is 19.5 Å². The number of fused-ring (bicyclic) bond motifs is 1. The molecular formula is C28H28N6O4S. The summed E-state index contributed by atoms with van der Waals surface area (Å²) in [5.74, 6) is -1.37. The van der Waals surface area contributed by atoms with Crippen LogP contribution in [-0.4, -0.2) is 45.7 Å². The molecule has 0 aliphatic carbocycles. The van der Waals surface area contributed by atoms with E-state index in [1.54, 1.807) is 36.4 Å². The summed E-state index contributed by atoms with van der Waals surface area (Å²) in [7, 11) is 0. The minimum absolute atomic E-state index is 0.0882. The summed E-state index contributed by atoms with van der Waals surface area (Å²) in [6, 6.07) is 18.8. The fraction of sp³-hybridized carbons (Fsp3) is 0.179. The lowest BCUT2D eigenvalue weighted by Gasteiger charge is -2.22. The third-order valence-corrected chi connectivity index (χ3v) is 6.93. The Balaban J connectivity index is 1.60. The molecule has 0 bridgehead atoms. The molecule has 4 aromatic rings. The van der Waals surface area contributed by atoms with Gasteiger partial charge in [0, 0.05) is 25.5 Å². The van der Waals surface area contributed by atoms with Crippen molar-refractivity contribution in [2.24, 2.45) is 5.73 Å². The lowest BCUT2D eigenvalue weighted by atomic mass is 10.00. The monoisotopic (exact) mass is 544 g/mol. The van der Waals surface area contributed by atoms with Crippen LogP contribution in [0.3, 0.4) is 0 Å². The Morgan fingerprint density at radius 2 is 1.54 bits per heavy atom. The van der Waals surface area contributed by atoms with E-state index < -0.39 is 23.9 Å². The first kappa shape index (κ1) is 27.3. The maximum Gasteiger partial charge on any atom is 0.243 e. The van der Waals surface area contributed by atoms with Gasteiger partial charge < -0.3 is 26.8 Å². The van der Waals surface area contributed by atoms with E-state index in [-0.39, 0.29) is 35.3 Å². The van der Waals surface area contributed by atoms with E-state index in [0.717, 1.165) is 15.8 Å². The number of phenolic OH excluding ortho intramolecular Hbond substituents is 1. The van der Waals surface area contributed by atoms with Crippen LogP contribution in [-0.2, 0) is 22.4 Å². The number of aromatic nitrogens is 1. The van der Waals surface area contributed by atoms with Crippen LogP contribution >= 0.6 is 11.3 Å². The molecule has 0 aliphatic rings. The molecular weight excluding hydrogens is 516 g/mol. The zero-order chi connectivity index (χ0) is 27.9. The number of hydrogen-bond donors (Lipinski definition) is 6. The fourth-order valence-corrected chi connectivity index (χ4v) is 5.01. The number of nitrogens with one attached hydrogen (secondary N) is 4. The fourth-order valence-electron chi connectivity index (χ4n) is 4.05. The van der Waals surface area contributed by atoms with Crippen molar-refractivity contribution in [3.8, 4) is 5.75 Å². The summed E-state index contributed by atoms with van der Waals surface area (Å²) < 4.78 is 0.856. The van der Waals surface area contributed by atoms with Gasteiger partial charge in [0.15, 0.2) is 11.0 Å². The SMILES string of the molecule is CC(=O)N[C@@H](Cc1ccc(O)cc1)C(=O)NC(Cc1ccc(NC(=N)N)cc1)C(=O)c1nc2ccccc2s1. The zero-order valence-electron chi connectivity index (χ0n) is 21.1. The third kappa shape index (κ3) is 7.39. The molecule has 2 amide bonds. The van der Waals surface area contributed by atoms with E-state index in [2.05, 4.69) is 20.9 Å². The second kappa shape index (κ2) is 12.2. The van der Waals surface area contributed by atoms with Crippen LogP contribution in [0.1, 0.15) is 27.9 Å². The van der Waals surface area contributed by atoms with Crippen molar-refractivity contribution >= 4 is 50.8 Å². The van der Waals surface area contributed by atoms with Crippen LogP contribution in [0.2, 0.25) is 0 Å². The number of rotatable bonds is 10. The average Bonchev–Trinajstić information content (AvgIpc) is 3.33. The van der Waals surface area contributed by atoms with Gasteiger partial charge in [0.1, 0.15) is 11.8 Å². The first-order chi connectivity index (χ1) is 18.7. The summed E-state index contributed by atoms with van der Waals surface area (Å²) >= 11 is 1.25. The number of benzene rings is 3. The van der Waals surface area contributed by atoms with Gasteiger partial charge in [-0.25, -0.2) is 4.98 Å². The highest BCUT2D eigenvalue weighted by atomic mass is 32.1. The minimum Gasteiger partial charge on any atom is -0.508 e. The normalized spacial score (nSPS) is 12.3. The smallest absolute Gasteiger partial charge is 0.243 e. The first-order valence-corrected chi connectivity index (χ1v) is 12.9. The van der Waals surface area contributed by atoms with Gasteiger partial charge in [0.05, 0.1) is 16.3 Å². The standard InChI is InChI=1S/C28H28N6O4S/c1-16(35)31-23(15-18-8-12-20(36)13-9-18)26(38)33-22(14-17-6-10-19(11-7-17)32-28(29)30)25(37)27-34-21-4-2-3-5-24(21)39-27/h2-13,22-23,36H,14-15H2,1H3,(H,31,35)(H,33,38)(H4,29,30,32)/t22?,23-/m0/s1. The number of phenols is 1. The number of anilines is 1. The maximum atomic E-state index is 13.7. The molecule has 7 N–H and O–H groups in total. The Morgan fingerprint density at radius 1 is 0.923 bits per heavy atom. The van der Waals surface area contributed by atoms with Gasteiger partial charge in [-0.1, -0.05) is 36.4 Å². The maximum absolute atomic E-state index is 13.7. The second-order valence-corrected chi connectivity index (χ2v) is 10.0. The Bertz CT molecular complexity index is 1470. The van der Waals surface area contributed by atoms with Gasteiger partial charge >= 0.3 is 0 Å². The lowest BCUT2D eigenvalue weighted by molar-refractivity contribution is -0.128. The largest absolute Gasteiger partial charge is 0.508 e. The Hall–Kier alpha value is -4.77. The summed E-state index contributed by atoms with van der Waals surface area (Å²) in [5.41, 5.74) is 8.19. The van der Waals surface area contributed by atoms with Gasteiger partial charge in [-0.15, -0.1) is 11.3 Å². The van der Waals surface area contributed by atoms with Crippen molar-refractivity contribution in [2.45, 2.75) is 31.8 Å². The molecule has 0 radical (unpaired) electrons. The summed E-state index contributed by atoms with van der Waals surface area (Å²) in [4.78, 5) is 43.5. The summed E-state index contributed by atoms with van der Waals surface area (Å²) in [6.07, 6.45) is 0.339. The number of Topliss-reactive ketones (excluding diaryl/α,β-unsaturated/α-hetero) is 1. The van der Waals surface area contributed by atoms with Crippen LogP contribution in [0.5, 0.6) is 5.75 Å². The second-order valence-electron chi connectivity index (χ2n) is 8.98. The minimum atomic E-state index is -0.958. The molecule has 0 aliphatic heterocycles. The number of guanidine groups is 1. The van der Waals surface area contributed by atoms with Crippen molar-refractivity contribution in [1.29, 1.82) is 5.41 Å². The van der Waals surface area contributed by atoms with Crippen molar-refractivity contribution in [2.75, 3.05) is 5.32 Å². The average molecular weight is 545 g/mol. The molecule has 0 saturated carbocycles. The van der Waals surface area contributed by atoms with Crippen LogP contribution in [0.15, 0.2) is 72.8 Å². The van der Waals surface area contributed by atoms with E-state index in [1.165, 1.54) is 30.4 Å². The number of aromatic hydroxyl groups is 1. The molecule has 4 rings (SSSR count). The number of nitrogens with zero attached hydrogens (tertiary/aromatic N) is 1. The molecule has 200 valence electrons. The molecule has 2 atom stereocenters. The van der Waals surface area contributed by atoms with Crippen molar-refractivity contribution in [3.05, 3.63) is 88.9 Å². The lowest BCUT2D eigenvalue weighted by Crippen LogP contribution is -2.52. The van der Waals surface area contributed by atoms with E-state index in [1.807, 2.05) is 24.3 Å². The molecule has 1 unspecified atom stereocenters. The van der Waals surface area contributed by atoms with Crippen LogP contribution in [0.4, 0.5) is 5.69 Å². The highest BCUT2D eigenvalue weighted by molar-refractivity contribution is 7.20. The molecule has 0 fully saturated rings. The first-order valence-electron chi connectivity index (χ1n) is 12.1. The third-order valence-electron chi connectivity index (χ3n) is 5.88. The van der Waals surface area contributed by atoms with Gasteiger partial charge in [-0.2, -0.15) is 0 Å². The Kier molecular flexibility index (Phi) is 8.52. The van der Waals surface area contributed by atoms with Gasteiger partial charge in [-0.05, 0) is 47.5 Å². The molecule has 39 heavy (non-hydrogen) atoms. The molecule has 0 saturated heterocycles. The molecule has 0 spiro atoms.